The first kappa shape index (κ1) is 19.5. The summed E-state index contributed by atoms with van der Waals surface area (Å²) < 4.78 is 5.67. The Morgan fingerprint density at radius 2 is 1.58 bits per heavy atom. The number of carbonyl (C=O) groups excluding carboxylic acids is 2. The molecule has 0 radical (unpaired) electrons. The van der Waals surface area contributed by atoms with Gasteiger partial charge in [-0.1, -0.05) is 30.3 Å². The fourth-order valence-electron chi connectivity index (χ4n) is 2.55. The van der Waals surface area contributed by atoms with Crippen LogP contribution in [0.1, 0.15) is 42.3 Å². The molecule has 0 unspecified atom stereocenters. The van der Waals surface area contributed by atoms with Gasteiger partial charge in [0.2, 0.25) is 0 Å². The lowest BCUT2D eigenvalue weighted by molar-refractivity contribution is -0.118. The van der Waals surface area contributed by atoms with E-state index in [0.717, 1.165) is 11.1 Å². The molecule has 0 saturated heterocycles. The SMILES string of the molecule is Cc1cccc(C)c1OCC(=O)Nc1ccccc1C(=O)NC(C)(C)C. The minimum atomic E-state index is -0.361. The highest BCUT2D eigenvalue weighted by atomic mass is 16.5. The lowest BCUT2D eigenvalue weighted by Gasteiger charge is -2.21. The zero-order valence-corrected chi connectivity index (χ0v) is 16.0. The van der Waals surface area contributed by atoms with E-state index in [4.69, 9.17) is 4.74 Å². The number of para-hydroxylation sites is 2. The zero-order chi connectivity index (χ0) is 19.3. The number of rotatable bonds is 5. The van der Waals surface area contributed by atoms with Gasteiger partial charge in [0.05, 0.1) is 11.3 Å². The van der Waals surface area contributed by atoms with E-state index in [9.17, 15) is 9.59 Å². The van der Waals surface area contributed by atoms with Crippen molar-refractivity contribution in [3.63, 3.8) is 0 Å². The third kappa shape index (κ3) is 5.34. The highest BCUT2D eigenvalue weighted by Gasteiger charge is 2.18. The summed E-state index contributed by atoms with van der Waals surface area (Å²) in [4.78, 5) is 24.7. The van der Waals surface area contributed by atoms with Crippen molar-refractivity contribution in [3.05, 3.63) is 59.2 Å². The van der Waals surface area contributed by atoms with E-state index in [-0.39, 0.29) is 24.0 Å². The van der Waals surface area contributed by atoms with Crippen LogP contribution in [0.5, 0.6) is 5.75 Å². The highest BCUT2D eigenvalue weighted by molar-refractivity contribution is 6.04. The molecule has 2 N–H and O–H groups in total. The molecule has 0 heterocycles. The maximum absolute atomic E-state index is 12.4. The fourth-order valence-corrected chi connectivity index (χ4v) is 2.55. The quantitative estimate of drug-likeness (QED) is 0.857. The number of aryl methyl sites for hydroxylation is 2. The van der Waals surface area contributed by atoms with Gasteiger partial charge in [-0.25, -0.2) is 0 Å². The lowest BCUT2D eigenvalue weighted by atomic mass is 10.1. The summed E-state index contributed by atoms with van der Waals surface area (Å²) in [6.45, 7) is 9.47. The Hall–Kier alpha value is -2.82. The van der Waals surface area contributed by atoms with Gasteiger partial charge in [0.15, 0.2) is 6.61 Å². The van der Waals surface area contributed by atoms with Crippen LogP contribution in [0.2, 0.25) is 0 Å². The molecule has 26 heavy (non-hydrogen) atoms. The number of ether oxygens (including phenoxy) is 1. The van der Waals surface area contributed by atoms with E-state index in [0.29, 0.717) is 17.0 Å². The molecular formula is C21H26N2O3. The van der Waals surface area contributed by atoms with E-state index in [1.807, 2.05) is 52.8 Å². The second kappa shape index (κ2) is 8.04. The fraction of sp³-hybridized carbons (Fsp3) is 0.333. The Labute approximate surface area is 154 Å². The van der Waals surface area contributed by atoms with Gasteiger partial charge < -0.3 is 15.4 Å². The summed E-state index contributed by atoms with van der Waals surface area (Å²) in [5.41, 5.74) is 2.47. The molecule has 0 aliphatic rings. The minimum Gasteiger partial charge on any atom is -0.483 e. The van der Waals surface area contributed by atoms with E-state index < -0.39 is 0 Å². The molecule has 2 aromatic rings. The summed E-state index contributed by atoms with van der Waals surface area (Å²) in [6.07, 6.45) is 0. The van der Waals surface area contributed by atoms with E-state index in [1.165, 1.54) is 0 Å². The van der Waals surface area contributed by atoms with Crippen molar-refractivity contribution < 1.29 is 14.3 Å². The molecule has 0 atom stereocenters. The normalized spacial score (nSPS) is 11.0. The minimum absolute atomic E-state index is 0.124. The molecule has 2 aromatic carbocycles. The molecule has 0 aliphatic carbocycles. The number of carbonyl (C=O) groups is 2. The number of nitrogens with one attached hydrogen (secondary N) is 2. The van der Waals surface area contributed by atoms with Gasteiger partial charge >= 0.3 is 0 Å². The summed E-state index contributed by atoms with van der Waals surface area (Å²) >= 11 is 0. The summed E-state index contributed by atoms with van der Waals surface area (Å²) in [7, 11) is 0. The predicted octanol–water partition coefficient (Wildman–Crippen LogP) is 3.85. The van der Waals surface area contributed by atoms with E-state index in [1.54, 1.807) is 24.3 Å². The second-order valence-corrected chi connectivity index (χ2v) is 7.31. The smallest absolute Gasteiger partial charge is 0.262 e. The summed E-state index contributed by atoms with van der Waals surface area (Å²) in [5, 5.41) is 5.66. The highest BCUT2D eigenvalue weighted by Crippen LogP contribution is 2.22. The number of benzene rings is 2. The van der Waals surface area contributed by atoms with Gasteiger partial charge in [-0.15, -0.1) is 0 Å². The van der Waals surface area contributed by atoms with Crippen LogP contribution in [0, 0.1) is 13.8 Å². The first-order valence-electron chi connectivity index (χ1n) is 8.58. The second-order valence-electron chi connectivity index (χ2n) is 7.31. The van der Waals surface area contributed by atoms with Gasteiger partial charge in [-0.05, 0) is 57.9 Å². The molecule has 0 aromatic heterocycles. The van der Waals surface area contributed by atoms with Gasteiger partial charge in [0, 0.05) is 5.54 Å². The van der Waals surface area contributed by atoms with Crippen LogP contribution >= 0.6 is 0 Å². The molecule has 5 nitrogen and oxygen atoms in total. The van der Waals surface area contributed by atoms with Gasteiger partial charge in [0.25, 0.3) is 11.8 Å². The van der Waals surface area contributed by atoms with Crippen molar-refractivity contribution in [3.8, 4) is 5.75 Å². The van der Waals surface area contributed by atoms with E-state index >= 15 is 0 Å². The molecule has 0 fully saturated rings. The average Bonchev–Trinajstić information content (AvgIpc) is 2.53. The van der Waals surface area contributed by atoms with Crippen LogP contribution in [-0.2, 0) is 4.79 Å². The van der Waals surface area contributed by atoms with Crippen LogP contribution in [0.3, 0.4) is 0 Å². The van der Waals surface area contributed by atoms with Gasteiger partial charge in [0.1, 0.15) is 5.75 Å². The Balaban J connectivity index is 2.07. The van der Waals surface area contributed by atoms with Crippen LogP contribution in [0.4, 0.5) is 5.69 Å². The number of amides is 2. The Morgan fingerprint density at radius 1 is 0.962 bits per heavy atom. The average molecular weight is 354 g/mol. The first-order valence-corrected chi connectivity index (χ1v) is 8.58. The molecule has 0 aliphatic heterocycles. The first-order chi connectivity index (χ1) is 12.2. The van der Waals surface area contributed by atoms with Crippen molar-refractivity contribution >= 4 is 17.5 Å². The Kier molecular flexibility index (Phi) is 6.03. The lowest BCUT2D eigenvalue weighted by Crippen LogP contribution is -2.41. The third-order valence-electron chi connectivity index (χ3n) is 3.69. The van der Waals surface area contributed by atoms with Gasteiger partial charge in [-0.3, -0.25) is 9.59 Å². The molecule has 138 valence electrons. The topological polar surface area (TPSA) is 67.4 Å². The monoisotopic (exact) mass is 354 g/mol. The largest absolute Gasteiger partial charge is 0.483 e. The maximum Gasteiger partial charge on any atom is 0.262 e. The van der Waals surface area contributed by atoms with Crippen molar-refractivity contribution in [2.75, 3.05) is 11.9 Å². The zero-order valence-electron chi connectivity index (χ0n) is 16.0. The van der Waals surface area contributed by atoms with Crippen molar-refractivity contribution in [2.45, 2.75) is 40.2 Å². The van der Waals surface area contributed by atoms with Crippen LogP contribution < -0.4 is 15.4 Å². The van der Waals surface area contributed by atoms with Crippen LogP contribution in [0.25, 0.3) is 0 Å². The molecule has 2 rings (SSSR count). The molecule has 0 bridgehead atoms. The molecule has 0 spiro atoms. The summed E-state index contributed by atoms with van der Waals surface area (Å²) in [6, 6.07) is 12.7. The van der Waals surface area contributed by atoms with Crippen molar-refractivity contribution in [1.82, 2.24) is 5.32 Å². The van der Waals surface area contributed by atoms with E-state index in [2.05, 4.69) is 10.6 Å². The third-order valence-corrected chi connectivity index (χ3v) is 3.69. The predicted molar refractivity (Wildman–Crippen MR) is 104 cm³/mol. The van der Waals surface area contributed by atoms with Crippen molar-refractivity contribution in [1.29, 1.82) is 0 Å². The number of hydrogen-bond acceptors (Lipinski definition) is 3. The maximum atomic E-state index is 12.4. The Morgan fingerprint density at radius 3 is 2.19 bits per heavy atom. The molecule has 0 saturated carbocycles. The molecule has 2 amide bonds. The van der Waals surface area contributed by atoms with Crippen LogP contribution in [0.15, 0.2) is 42.5 Å². The van der Waals surface area contributed by atoms with Crippen LogP contribution in [-0.4, -0.2) is 24.0 Å². The summed E-state index contributed by atoms with van der Waals surface area (Å²) in [5.74, 6) is 0.161. The number of anilines is 1. The van der Waals surface area contributed by atoms with Crippen molar-refractivity contribution in [2.24, 2.45) is 0 Å². The Bertz CT molecular complexity index is 787. The van der Waals surface area contributed by atoms with Gasteiger partial charge in [-0.2, -0.15) is 0 Å². The standard InChI is InChI=1S/C21H26N2O3/c1-14-9-8-10-15(2)19(14)26-13-18(24)22-17-12-7-6-11-16(17)20(25)23-21(3,4)5/h6-12H,13H2,1-5H3,(H,22,24)(H,23,25). The molecule has 5 heteroatoms. The number of hydrogen-bond donors (Lipinski definition) is 2. The molecular weight excluding hydrogens is 328 g/mol.